The van der Waals surface area contributed by atoms with Crippen LogP contribution in [0.3, 0.4) is 0 Å². The fourth-order valence-corrected chi connectivity index (χ4v) is 22.8. The second kappa shape index (κ2) is 14.5. The van der Waals surface area contributed by atoms with Crippen molar-refractivity contribution in [3.05, 3.63) is 72.8 Å². The molecule has 0 N–H and O–H groups in total. The van der Waals surface area contributed by atoms with Crippen molar-refractivity contribution in [2.24, 2.45) is 0 Å². The van der Waals surface area contributed by atoms with Gasteiger partial charge in [-0.05, 0) is 0 Å². The third kappa shape index (κ3) is 6.36. The van der Waals surface area contributed by atoms with E-state index < -0.39 is 51.9 Å². The maximum atomic E-state index is 2.52. The van der Waals surface area contributed by atoms with Gasteiger partial charge in [0.05, 0.1) is 0 Å². The van der Waals surface area contributed by atoms with E-state index in [1.165, 1.54) is 31.3 Å². The van der Waals surface area contributed by atoms with Gasteiger partial charge in [0.2, 0.25) is 0 Å². The van der Waals surface area contributed by atoms with Gasteiger partial charge in [0, 0.05) is 0 Å². The van der Waals surface area contributed by atoms with E-state index in [2.05, 4.69) is 114 Å². The van der Waals surface area contributed by atoms with E-state index in [4.69, 9.17) is 0 Å². The topological polar surface area (TPSA) is 0 Å². The second-order valence-electron chi connectivity index (χ2n) is 8.32. The van der Waals surface area contributed by atoms with Crippen LogP contribution in [0.25, 0.3) is 0 Å². The van der Waals surface area contributed by atoms with Crippen LogP contribution < -0.4 is 29.0 Å². The average Bonchev–Trinajstić information content (AvgIpc) is 2.89. The molecule has 0 amide bonds. The SMILES string of the molecule is CC[As](CC)c1ccccc1P(c1ccccc1[As](CC)CC)c1ccccc1[As](CC)CC. The first kappa shape index (κ1) is 28.3. The summed E-state index contributed by atoms with van der Waals surface area (Å²) in [5, 5.41) is 13.2. The van der Waals surface area contributed by atoms with Crippen LogP contribution in [-0.2, 0) is 0 Å². The summed E-state index contributed by atoms with van der Waals surface area (Å²) in [7, 11) is -0.531. The van der Waals surface area contributed by atoms with Crippen LogP contribution in [0.4, 0.5) is 0 Å². The zero-order valence-electron chi connectivity index (χ0n) is 22.0. The molecule has 34 heavy (non-hydrogen) atoms. The van der Waals surface area contributed by atoms with E-state index in [0.717, 1.165) is 0 Å². The molecule has 0 radical (unpaired) electrons. The summed E-state index contributed by atoms with van der Waals surface area (Å²) >= 11 is -3.13. The number of hydrogen-bond donors (Lipinski definition) is 0. The fourth-order valence-electron chi connectivity index (χ4n) is 4.84. The van der Waals surface area contributed by atoms with Gasteiger partial charge in [0.25, 0.3) is 0 Å². The predicted molar refractivity (Wildman–Crippen MR) is 164 cm³/mol. The first-order valence-corrected chi connectivity index (χ1v) is 25.1. The van der Waals surface area contributed by atoms with Crippen LogP contribution in [-0.4, -0.2) is 44.0 Å². The van der Waals surface area contributed by atoms with Gasteiger partial charge in [0.15, 0.2) is 0 Å². The van der Waals surface area contributed by atoms with Crippen molar-refractivity contribution >= 4 is 80.8 Å². The van der Waals surface area contributed by atoms with E-state index in [1.807, 2.05) is 0 Å². The fraction of sp³-hybridized carbons (Fsp3) is 0.400. The summed E-state index contributed by atoms with van der Waals surface area (Å²) in [5.41, 5.74) is 0. The van der Waals surface area contributed by atoms with Crippen LogP contribution in [0.15, 0.2) is 72.8 Å². The molecule has 0 bridgehead atoms. The second-order valence-corrected chi connectivity index (χ2v) is 28.2. The molecular weight excluding hydrogens is 616 g/mol. The molecule has 0 aromatic heterocycles. The average molecular weight is 658 g/mol. The normalized spacial score (nSPS) is 11.8. The Morgan fingerprint density at radius 3 is 0.882 bits per heavy atom. The maximum absolute atomic E-state index is 2.52. The summed E-state index contributed by atoms with van der Waals surface area (Å²) in [5.74, 6) is 0. The predicted octanol–water partition coefficient (Wildman–Crippen LogP) is 5.67. The van der Waals surface area contributed by atoms with E-state index in [9.17, 15) is 0 Å². The molecule has 0 saturated carbocycles. The Morgan fingerprint density at radius 1 is 0.412 bits per heavy atom. The molecule has 3 aromatic rings. The van der Waals surface area contributed by atoms with Gasteiger partial charge < -0.3 is 0 Å². The summed E-state index contributed by atoms with van der Waals surface area (Å²) in [6, 6.07) is 29.0. The number of hydrogen-bond acceptors (Lipinski definition) is 0. The molecule has 3 rings (SSSR count). The van der Waals surface area contributed by atoms with Gasteiger partial charge in [-0.1, -0.05) is 0 Å². The molecule has 0 aliphatic rings. The van der Waals surface area contributed by atoms with E-state index in [0.29, 0.717) is 0 Å². The monoisotopic (exact) mass is 658 g/mol. The molecule has 0 unspecified atom stereocenters. The van der Waals surface area contributed by atoms with Crippen molar-refractivity contribution in [1.82, 2.24) is 0 Å². The molecule has 0 spiro atoms. The number of rotatable bonds is 12. The van der Waals surface area contributed by atoms with E-state index >= 15 is 0 Å². The van der Waals surface area contributed by atoms with Gasteiger partial charge in [-0.2, -0.15) is 0 Å². The summed E-state index contributed by atoms with van der Waals surface area (Å²) in [4.78, 5) is 0. The molecular formula is C30H42As3P. The molecule has 3 aromatic carbocycles. The van der Waals surface area contributed by atoms with Gasteiger partial charge in [-0.3, -0.25) is 0 Å². The Labute approximate surface area is 224 Å². The zero-order chi connectivity index (χ0) is 24.5. The molecule has 0 heterocycles. The summed E-state index contributed by atoms with van der Waals surface area (Å²) in [6.45, 7) is 14.6. The van der Waals surface area contributed by atoms with Crippen LogP contribution in [0, 0.1) is 0 Å². The molecule has 4 heteroatoms. The minimum atomic E-state index is -1.04. The third-order valence-electron chi connectivity index (χ3n) is 6.68. The standard InChI is InChI=1S/C30H42As3P/c1-7-31(8-2)25-19-13-16-22-28(25)34(29-23-17-14-20-26(29)32(9-3)10-4)30-24-18-15-21-27(30)33(11-5)12-6/h13-24H,7-12H2,1-6H3. The van der Waals surface area contributed by atoms with Crippen LogP contribution in [0.2, 0.25) is 31.3 Å². The molecule has 0 aliphatic heterocycles. The van der Waals surface area contributed by atoms with Crippen LogP contribution in [0.5, 0.6) is 0 Å². The van der Waals surface area contributed by atoms with Gasteiger partial charge in [-0.15, -0.1) is 0 Å². The Bertz CT molecular complexity index is 891. The minimum absolute atomic E-state index is 0.531. The molecule has 0 atom stereocenters. The van der Waals surface area contributed by atoms with Crippen molar-refractivity contribution in [3.8, 4) is 0 Å². The molecule has 0 aliphatic carbocycles. The molecule has 0 nitrogen and oxygen atoms in total. The molecule has 0 fully saturated rings. The van der Waals surface area contributed by atoms with Crippen molar-refractivity contribution < 1.29 is 0 Å². The van der Waals surface area contributed by atoms with Gasteiger partial charge in [-0.25, -0.2) is 0 Å². The summed E-state index contributed by atoms with van der Waals surface area (Å²) in [6.07, 6.45) is 0. The number of benzene rings is 3. The van der Waals surface area contributed by atoms with Gasteiger partial charge in [0.1, 0.15) is 0 Å². The van der Waals surface area contributed by atoms with Crippen LogP contribution in [0.1, 0.15) is 41.5 Å². The summed E-state index contributed by atoms with van der Waals surface area (Å²) < 4.78 is 5.24. The first-order valence-electron chi connectivity index (χ1n) is 13.0. The van der Waals surface area contributed by atoms with E-state index in [-0.39, 0.29) is 0 Å². The van der Waals surface area contributed by atoms with Crippen molar-refractivity contribution in [2.75, 3.05) is 0 Å². The molecule has 0 saturated heterocycles. The van der Waals surface area contributed by atoms with E-state index in [1.54, 1.807) is 29.0 Å². The van der Waals surface area contributed by atoms with Crippen molar-refractivity contribution in [3.63, 3.8) is 0 Å². The van der Waals surface area contributed by atoms with Crippen LogP contribution >= 0.6 is 7.92 Å². The Morgan fingerprint density at radius 2 is 0.647 bits per heavy atom. The van der Waals surface area contributed by atoms with Crippen molar-refractivity contribution in [2.45, 2.75) is 72.8 Å². The third-order valence-corrected chi connectivity index (χ3v) is 26.8. The Balaban J connectivity index is 2.37. The quantitative estimate of drug-likeness (QED) is 0.174. The van der Waals surface area contributed by atoms with Gasteiger partial charge >= 0.3 is 226 Å². The zero-order valence-corrected chi connectivity index (χ0v) is 28.5. The Hall–Kier alpha value is -0.235. The molecule has 182 valence electrons. The Kier molecular flexibility index (Phi) is 12.1. The van der Waals surface area contributed by atoms with Crippen molar-refractivity contribution in [1.29, 1.82) is 0 Å². The first-order chi connectivity index (χ1) is 16.6.